The Bertz CT molecular complexity index is 638. The van der Waals surface area contributed by atoms with Gasteiger partial charge in [0.15, 0.2) is 0 Å². The summed E-state index contributed by atoms with van der Waals surface area (Å²) >= 11 is 0. The van der Waals surface area contributed by atoms with E-state index in [2.05, 4.69) is 25.8 Å². The van der Waals surface area contributed by atoms with Crippen LogP contribution in [0.3, 0.4) is 0 Å². The second kappa shape index (κ2) is 14.7. The van der Waals surface area contributed by atoms with Gasteiger partial charge in [0, 0.05) is 32.4 Å². The van der Waals surface area contributed by atoms with Crippen LogP contribution in [0.25, 0.3) is 0 Å². The molecule has 0 bridgehead atoms. The molecule has 1 aliphatic heterocycles. The van der Waals surface area contributed by atoms with Crippen molar-refractivity contribution >= 4 is 5.91 Å². The van der Waals surface area contributed by atoms with E-state index in [1.165, 1.54) is 12.8 Å². The third-order valence-corrected chi connectivity index (χ3v) is 5.26. The van der Waals surface area contributed by atoms with Crippen molar-refractivity contribution in [1.82, 2.24) is 20.9 Å². The van der Waals surface area contributed by atoms with Gasteiger partial charge in [0.25, 0.3) is 11.0 Å². The van der Waals surface area contributed by atoms with Crippen molar-refractivity contribution in [3.63, 3.8) is 0 Å². The first-order valence-electron chi connectivity index (χ1n) is 11.1. The van der Waals surface area contributed by atoms with Crippen LogP contribution in [0, 0.1) is 10.1 Å². The molecule has 1 amide bonds. The van der Waals surface area contributed by atoms with E-state index in [-0.39, 0.29) is 18.6 Å². The van der Waals surface area contributed by atoms with Crippen molar-refractivity contribution in [2.75, 3.05) is 32.8 Å². The quantitative estimate of drug-likeness (QED) is 0.226. The molecule has 30 heavy (non-hydrogen) atoms. The van der Waals surface area contributed by atoms with Crippen LogP contribution in [0.1, 0.15) is 79.9 Å². The molecular formula is C21H35N5O4. The molecule has 0 spiro atoms. The second-order valence-electron chi connectivity index (χ2n) is 7.64. The lowest BCUT2D eigenvalue weighted by Crippen LogP contribution is -2.43. The first-order chi connectivity index (χ1) is 14.7. The molecule has 9 nitrogen and oxygen atoms in total. The number of nitrogens with zero attached hydrogens (tertiary/aromatic N) is 2. The third-order valence-electron chi connectivity index (χ3n) is 5.26. The van der Waals surface area contributed by atoms with Gasteiger partial charge in [0.2, 0.25) is 0 Å². The maximum atomic E-state index is 12.6. The molecular weight excluding hydrogens is 386 g/mol. The van der Waals surface area contributed by atoms with Crippen LogP contribution in [-0.2, 0) is 4.84 Å². The maximum absolute atomic E-state index is 12.6. The third kappa shape index (κ3) is 9.49. The Hall–Kier alpha value is -2.26. The van der Waals surface area contributed by atoms with Crippen LogP contribution in [0.15, 0.2) is 18.3 Å². The summed E-state index contributed by atoms with van der Waals surface area (Å²) in [6.07, 6.45) is 11.3. The highest BCUT2D eigenvalue weighted by molar-refractivity contribution is 5.95. The summed E-state index contributed by atoms with van der Waals surface area (Å²) in [7, 11) is 0. The van der Waals surface area contributed by atoms with Crippen LogP contribution in [0.2, 0.25) is 0 Å². The molecule has 1 aromatic heterocycles. The number of aromatic nitrogens is 1. The summed E-state index contributed by atoms with van der Waals surface area (Å²) in [5, 5.41) is 19.1. The maximum Gasteiger partial charge on any atom is 0.294 e. The van der Waals surface area contributed by atoms with Crippen LogP contribution in [0.4, 0.5) is 0 Å². The van der Waals surface area contributed by atoms with Crippen molar-refractivity contribution in [3.8, 4) is 0 Å². The fourth-order valence-corrected chi connectivity index (χ4v) is 3.63. The van der Waals surface area contributed by atoms with Crippen LogP contribution < -0.4 is 16.0 Å². The Morgan fingerprint density at radius 1 is 1.13 bits per heavy atom. The van der Waals surface area contributed by atoms with Crippen molar-refractivity contribution in [2.45, 2.75) is 63.8 Å². The molecule has 0 saturated carbocycles. The minimum Gasteiger partial charge on any atom is -0.352 e. The molecule has 1 aliphatic rings. The summed E-state index contributed by atoms with van der Waals surface area (Å²) in [4.78, 5) is 31.3. The predicted octanol–water partition coefficient (Wildman–Crippen LogP) is 2.76. The van der Waals surface area contributed by atoms with E-state index in [0.29, 0.717) is 12.1 Å². The number of piperazine rings is 1. The van der Waals surface area contributed by atoms with Gasteiger partial charge in [0.1, 0.15) is 0 Å². The minimum atomic E-state index is -0.733. The second-order valence-corrected chi connectivity index (χ2v) is 7.64. The van der Waals surface area contributed by atoms with E-state index in [4.69, 9.17) is 0 Å². The van der Waals surface area contributed by atoms with Crippen LogP contribution in [-0.4, -0.2) is 48.8 Å². The molecule has 3 N–H and O–H groups in total. The summed E-state index contributed by atoms with van der Waals surface area (Å²) in [5.41, 5.74) is 1.47. The van der Waals surface area contributed by atoms with Gasteiger partial charge in [-0.1, -0.05) is 44.9 Å². The molecule has 9 heteroatoms. The molecule has 2 rings (SSSR count). The number of amides is 1. The summed E-state index contributed by atoms with van der Waals surface area (Å²) in [6.45, 7) is 3.47. The summed E-state index contributed by atoms with van der Waals surface area (Å²) < 4.78 is 0. The Balaban J connectivity index is 1.50. The van der Waals surface area contributed by atoms with Crippen molar-refractivity contribution in [3.05, 3.63) is 39.7 Å². The van der Waals surface area contributed by atoms with E-state index < -0.39 is 5.09 Å². The SMILES string of the molecule is O=C(NCCCCCCCCCCCO[N+](=O)[O-])c1cccnc1C1CNCCN1. The number of unbranched alkanes of at least 4 members (excludes halogenated alkanes) is 8. The Morgan fingerprint density at radius 3 is 2.50 bits per heavy atom. The van der Waals surface area contributed by atoms with E-state index in [9.17, 15) is 14.9 Å². The Labute approximate surface area is 178 Å². The van der Waals surface area contributed by atoms with E-state index in [1.807, 2.05) is 12.1 Å². The molecule has 168 valence electrons. The molecule has 1 atom stereocenters. The highest BCUT2D eigenvalue weighted by Gasteiger charge is 2.21. The minimum absolute atomic E-state index is 0.0495. The van der Waals surface area contributed by atoms with Crippen molar-refractivity contribution in [1.29, 1.82) is 0 Å². The van der Waals surface area contributed by atoms with E-state index in [0.717, 1.165) is 70.3 Å². The standard InChI is InChI=1S/C21H35N5O4/c27-21(18-11-10-13-24-20(18)19-17-22-14-15-23-19)25-12-8-6-4-2-1-3-5-7-9-16-30-26(28)29/h10-11,13,19,22-23H,1-9,12,14-17H2,(H,25,27). The molecule has 1 fully saturated rings. The highest BCUT2D eigenvalue weighted by Crippen LogP contribution is 2.16. The number of hydrogen-bond acceptors (Lipinski definition) is 7. The molecule has 2 heterocycles. The molecule has 1 saturated heterocycles. The Kier molecular flexibility index (Phi) is 11.8. The molecule has 0 aromatic carbocycles. The fourth-order valence-electron chi connectivity index (χ4n) is 3.63. The summed E-state index contributed by atoms with van der Waals surface area (Å²) in [6, 6.07) is 3.72. The zero-order chi connectivity index (χ0) is 21.4. The molecule has 0 aliphatic carbocycles. The smallest absolute Gasteiger partial charge is 0.294 e. The van der Waals surface area contributed by atoms with E-state index >= 15 is 0 Å². The van der Waals surface area contributed by atoms with Crippen LogP contribution in [0.5, 0.6) is 0 Å². The van der Waals surface area contributed by atoms with Crippen molar-refractivity contribution < 1.29 is 14.7 Å². The van der Waals surface area contributed by atoms with Crippen LogP contribution >= 0.6 is 0 Å². The van der Waals surface area contributed by atoms with Gasteiger partial charge in [-0.2, -0.15) is 0 Å². The number of carbonyl (C=O) groups is 1. The molecule has 1 aromatic rings. The van der Waals surface area contributed by atoms with Gasteiger partial charge in [-0.25, -0.2) is 0 Å². The predicted molar refractivity (Wildman–Crippen MR) is 115 cm³/mol. The van der Waals surface area contributed by atoms with E-state index in [1.54, 1.807) is 6.20 Å². The molecule has 0 radical (unpaired) electrons. The van der Waals surface area contributed by atoms with Gasteiger partial charge in [0.05, 0.1) is 23.9 Å². The number of nitrogens with one attached hydrogen (secondary N) is 3. The normalized spacial score (nSPS) is 16.2. The van der Waals surface area contributed by atoms with Gasteiger partial charge in [-0.05, 0) is 25.0 Å². The average molecular weight is 422 g/mol. The largest absolute Gasteiger partial charge is 0.352 e. The number of hydrogen-bond donors (Lipinski definition) is 3. The highest BCUT2D eigenvalue weighted by atomic mass is 16.9. The van der Waals surface area contributed by atoms with Gasteiger partial charge >= 0.3 is 0 Å². The number of carbonyl (C=O) groups excluding carboxylic acids is 1. The van der Waals surface area contributed by atoms with Gasteiger partial charge in [-0.15, -0.1) is 10.1 Å². The zero-order valence-corrected chi connectivity index (χ0v) is 17.7. The van der Waals surface area contributed by atoms with Gasteiger partial charge < -0.3 is 20.8 Å². The lowest BCUT2D eigenvalue weighted by Gasteiger charge is -2.25. The Morgan fingerprint density at radius 2 is 1.83 bits per heavy atom. The molecule has 1 unspecified atom stereocenters. The zero-order valence-electron chi connectivity index (χ0n) is 17.7. The fraction of sp³-hybridized carbons (Fsp3) is 0.714. The first kappa shape index (κ1) is 24.0. The number of pyridine rings is 1. The van der Waals surface area contributed by atoms with Crippen molar-refractivity contribution in [2.24, 2.45) is 0 Å². The first-order valence-corrected chi connectivity index (χ1v) is 11.1. The lowest BCUT2D eigenvalue weighted by molar-refractivity contribution is -0.757. The number of rotatable bonds is 15. The summed E-state index contributed by atoms with van der Waals surface area (Å²) in [5.74, 6) is -0.0495. The van der Waals surface area contributed by atoms with Gasteiger partial charge in [-0.3, -0.25) is 9.78 Å². The monoisotopic (exact) mass is 421 g/mol. The lowest BCUT2D eigenvalue weighted by atomic mass is 10.0. The topological polar surface area (TPSA) is 118 Å². The average Bonchev–Trinajstić information content (AvgIpc) is 2.77.